The van der Waals surface area contributed by atoms with Crippen molar-refractivity contribution in [2.75, 3.05) is 18.0 Å². The van der Waals surface area contributed by atoms with Gasteiger partial charge in [0.15, 0.2) is 0 Å². The second-order valence-corrected chi connectivity index (χ2v) is 11.1. The molecule has 0 bridgehead atoms. The predicted molar refractivity (Wildman–Crippen MR) is 155 cm³/mol. The number of halogens is 2. The standard InChI is InChI=1S/C30H34F2N8O2/c1-16(2)36-30(42)21-6-7-22(31)27(28(21)32)24-8-5-20-13-35-26(40(20)38-24)11-19-12-34-10-9-25(19)39-14-17(3)29(23(33)15-39)37-18(4)41/h5-10,12-13,16-17,23,29H,11,14-15,33H2,1-4H3,(H,36,42)(H,37,41)/t17-,23+,29-/m0/s1. The number of hydrogen-bond acceptors (Lipinski definition) is 7. The zero-order valence-corrected chi connectivity index (χ0v) is 23.9. The van der Waals surface area contributed by atoms with E-state index in [0.29, 0.717) is 30.9 Å². The molecule has 1 aromatic carbocycles. The van der Waals surface area contributed by atoms with E-state index in [4.69, 9.17) is 5.73 Å². The predicted octanol–water partition coefficient (Wildman–Crippen LogP) is 3.09. The summed E-state index contributed by atoms with van der Waals surface area (Å²) in [6.45, 7) is 8.28. The van der Waals surface area contributed by atoms with Crippen LogP contribution < -0.4 is 21.3 Å². The number of anilines is 1. The molecule has 4 heterocycles. The van der Waals surface area contributed by atoms with E-state index >= 15 is 4.39 Å². The van der Waals surface area contributed by atoms with Crippen LogP contribution in [0.25, 0.3) is 16.8 Å². The van der Waals surface area contributed by atoms with E-state index in [1.165, 1.54) is 13.0 Å². The molecule has 0 spiro atoms. The van der Waals surface area contributed by atoms with Gasteiger partial charge in [-0.3, -0.25) is 14.6 Å². The molecule has 1 aliphatic heterocycles. The highest BCUT2D eigenvalue weighted by Gasteiger charge is 2.34. The van der Waals surface area contributed by atoms with Gasteiger partial charge in [-0.25, -0.2) is 18.3 Å². The fourth-order valence-corrected chi connectivity index (χ4v) is 5.53. The van der Waals surface area contributed by atoms with E-state index < -0.39 is 17.5 Å². The van der Waals surface area contributed by atoms with E-state index in [9.17, 15) is 14.0 Å². The molecule has 4 aromatic rings. The number of carbonyl (C=O) groups excluding carboxylic acids is 2. The average Bonchev–Trinajstić information content (AvgIpc) is 3.32. The Bertz CT molecular complexity index is 1630. The number of nitrogens with one attached hydrogen (secondary N) is 2. The van der Waals surface area contributed by atoms with Crippen molar-refractivity contribution in [3.63, 3.8) is 0 Å². The van der Waals surface area contributed by atoms with Crippen molar-refractivity contribution >= 4 is 23.0 Å². The van der Waals surface area contributed by atoms with E-state index in [1.807, 2.05) is 6.07 Å². The largest absolute Gasteiger partial charge is 0.369 e. The topological polar surface area (TPSA) is 131 Å². The zero-order chi connectivity index (χ0) is 30.1. The maximum Gasteiger partial charge on any atom is 0.254 e. The first-order valence-electron chi connectivity index (χ1n) is 13.9. The first-order valence-corrected chi connectivity index (χ1v) is 13.9. The monoisotopic (exact) mass is 576 g/mol. The SMILES string of the molecule is CC(=O)N[C@@H]1[C@H](N)CN(c2ccncc2Cc2ncc3ccc(-c4c(F)ccc(C(=O)NC(C)C)c4F)nn23)C[C@@H]1C. The minimum atomic E-state index is -0.982. The van der Waals surface area contributed by atoms with Crippen molar-refractivity contribution in [1.29, 1.82) is 0 Å². The summed E-state index contributed by atoms with van der Waals surface area (Å²) >= 11 is 0. The number of imidazole rings is 1. The summed E-state index contributed by atoms with van der Waals surface area (Å²) in [5.74, 6) is -1.90. The quantitative estimate of drug-likeness (QED) is 0.308. The van der Waals surface area contributed by atoms with E-state index in [1.54, 1.807) is 43.0 Å². The lowest BCUT2D eigenvalue weighted by Gasteiger charge is -2.43. The summed E-state index contributed by atoms with van der Waals surface area (Å²) in [6.07, 6.45) is 5.44. The van der Waals surface area contributed by atoms with Crippen LogP contribution >= 0.6 is 0 Å². The third kappa shape index (κ3) is 5.80. The number of rotatable bonds is 7. The van der Waals surface area contributed by atoms with Crippen molar-refractivity contribution in [3.8, 4) is 11.3 Å². The van der Waals surface area contributed by atoms with Gasteiger partial charge in [-0.15, -0.1) is 0 Å². The highest BCUT2D eigenvalue weighted by Crippen LogP contribution is 2.30. The Labute approximate surface area is 242 Å². The van der Waals surface area contributed by atoms with Gasteiger partial charge < -0.3 is 21.3 Å². The molecule has 12 heteroatoms. The number of piperidine rings is 1. The van der Waals surface area contributed by atoms with Crippen molar-refractivity contribution in [1.82, 2.24) is 30.2 Å². The molecule has 42 heavy (non-hydrogen) atoms. The molecule has 1 fully saturated rings. The maximum atomic E-state index is 15.5. The third-order valence-electron chi connectivity index (χ3n) is 7.42. The summed E-state index contributed by atoms with van der Waals surface area (Å²) in [4.78, 5) is 35.2. The highest BCUT2D eigenvalue weighted by atomic mass is 19.1. The normalized spacial score (nSPS) is 18.9. The zero-order valence-electron chi connectivity index (χ0n) is 23.9. The summed E-state index contributed by atoms with van der Waals surface area (Å²) in [5, 5.41) is 10.1. The van der Waals surface area contributed by atoms with Crippen LogP contribution in [0.3, 0.4) is 0 Å². The maximum absolute atomic E-state index is 15.5. The van der Waals surface area contributed by atoms with Crippen LogP contribution in [-0.4, -0.2) is 62.6 Å². The van der Waals surface area contributed by atoms with Crippen LogP contribution in [0.1, 0.15) is 49.4 Å². The van der Waals surface area contributed by atoms with Gasteiger partial charge >= 0.3 is 0 Å². The molecule has 0 unspecified atom stereocenters. The summed E-state index contributed by atoms with van der Waals surface area (Å²) in [6, 6.07) is 6.69. The number of nitrogens with two attached hydrogens (primary N) is 1. The van der Waals surface area contributed by atoms with Crippen LogP contribution in [0.2, 0.25) is 0 Å². The van der Waals surface area contributed by atoms with Crippen LogP contribution in [0.5, 0.6) is 0 Å². The summed E-state index contributed by atoms with van der Waals surface area (Å²) < 4.78 is 32.0. The lowest BCUT2D eigenvalue weighted by molar-refractivity contribution is -0.120. The molecule has 0 saturated carbocycles. The molecule has 5 rings (SSSR count). The van der Waals surface area contributed by atoms with Gasteiger partial charge in [0.05, 0.1) is 28.5 Å². The molecular formula is C30H34F2N8O2. The van der Waals surface area contributed by atoms with Crippen LogP contribution in [0.4, 0.5) is 14.5 Å². The van der Waals surface area contributed by atoms with Gasteiger partial charge in [-0.2, -0.15) is 5.10 Å². The van der Waals surface area contributed by atoms with Gasteiger partial charge in [-0.05, 0) is 50.1 Å². The molecule has 220 valence electrons. The summed E-state index contributed by atoms with van der Waals surface area (Å²) in [5.41, 5.74) is 8.30. The first kappa shape index (κ1) is 29.1. The molecule has 1 aliphatic rings. The smallest absolute Gasteiger partial charge is 0.254 e. The number of nitrogens with zero attached hydrogens (tertiary/aromatic N) is 5. The van der Waals surface area contributed by atoms with Crippen molar-refractivity contribution in [2.45, 2.75) is 52.2 Å². The van der Waals surface area contributed by atoms with Crippen LogP contribution in [0.15, 0.2) is 48.9 Å². The van der Waals surface area contributed by atoms with E-state index in [-0.39, 0.29) is 46.8 Å². The number of benzene rings is 1. The number of pyridine rings is 1. The molecular weight excluding hydrogens is 542 g/mol. The molecule has 4 N–H and O–H groups in total. The Morgan fingerprint density at radius 3 is 2.62 bits per heavy atom. The lowest BCUT2D eigenvalue weighted by atomic mass is 9.89. The van der Waals surface area contributed by atoms with Crippen LogP contribution in [-0.2, 0) is 11.2 Å². The minimum absolute atomic E-state index is 0.0298. The van der Waals surface area contributed by atoms with Crippen molar-refractivity contribution in [2.24, 2.45) is 11.7 Å². The third-order valence-corrected chi connectivity index (χ3v) is 7.42. The van der Waals surface area contributed by atoms with Gasteiger partial charge in [0.1, 0.15) is 17.5 Å². The van der Waals surface area contributed by atoms with Gasteiger partial charge in [0, 0.05) is 68.2 Å². The Morgan fingerprint density at radius 2 is 1.90 bits per heavy atom. The van der Waals surface area contributed by atoms with Crippen LogP contribution in [0, 0.1) is 17.6 Å². The Balaban J connectivity index is 1.47. The summed E-state index contributed by atoms with van der Waals surface area (Å²) in [7, 11) is 0. The van der Waals surface area contributed by atoms with Gasteiger partial charge in [-0.1, -0.05) is 6.92 Å². The second kappa shape index (κ2) is 11.8. The molecule has 10 nitrogen and oxygen atoms in total. The van der Waals surface area contributed by atoms with Gasteiger partial charge in [0.25, 0.3) is 5.91 Å². The number of amides is 2. The van der Waals surface area contributed by atoms with Crippen molar-refractivity contribution in [3.05, 3.63) is 77.5 Å². The lowest BCUT2D eigenvalue weighted by Crippen LogP contribution is -2.61. The Morgan fingerprint density at radius 1 is 1.12 bits per heavy atom. The fourth-order valence-electron chi connectivity index (χ4n) is 5.53. The molecule has 3 aromatic heterocycles. The fraction of sp³-hybridized carbons (Fsp3) is 0.367. The number of carbonyl (C=O) groups is 2. The molecule has 2 amide bonds. The van der Waals surface area contributed by atoms with Crippen molar-refractivity contribution < 1.29 is 18.4 Å². The van der Waals surface area contributed by atoms with E-state index in [0.717, 1.165) is 23.4 Å². The number of fused-ring (bicyclic) bond motifs is 1. The average molecular weight is 577 g/mol. The molecule has 0 radical (unpaired) electrons. The Kier molecular flexibility index (Phi) is 8.17. The molecule has 0 aliphatic carbocycles. The second-order valence-electron chi connectivity index (χ2n) is 11.1. The molecule has 3 atom stereocenters. The van der Waals surface area contributed by atoms with Gasteiger partial charge in [0.2, 0.25) is 5.91 Å². The number of aromatic nitrogens is 4. The minimum Gasteiger partial charge on any atom is -0.369 e. The first-order chi connectivity index (χ1) is 20.0. The molecule has 1 saturated heterocycles. The van der Waals surface area contributed by atoms with E-state index in [2.05, 4.69) is 37.5 Å². The Hall–Kier alpha value is -4.45. The highest BCUT2D eigenvalue weighted by molar-refractivity contribution is 5.96. The number of hydrogen-bond donors (Lipinski definition) is 3.